The van der Waals surface area contributed by atoms with E-state index in [1.165, 1.54) is 12.1 Å². The van der Waals surface area contributed by atoms with Gasteiger partial charge in [-0.2, -0.15) is 0 Å². The van der Waals surface area contributed by atoms with Gasteiger partial charge in [0.05, 0.1) is 5.41 Å². The molecule has 29 heavy (non-hydrogen) atoms. The molecule has 4 aromatic carbocycles. The second-order valence-electron chi connectivity index (χ2n) is 7.32. The van der Waals surface area contributed by atoms with Crippen molar-refractivity contribution < 1.29 is 20.4 Å². The summed E-state index contributed by atoms with van der Waals surface area (Å²) in [6, 6.07) is 24.9. The van der Waals surface area contributed by atoms with Gasteiger partial charge in [-0.1, -0.05) is 48.5 Å². The van der Waals surface area contributed by atoms with E-state index in [1.54, 1.807) is 24.3 Å². The Hall–Kier alpha value is -3.92. The van der Waals surface area contributed by atoms with Gasteiger partial charge in [-0.25, -0.2) is 0 Å². The summed E-state index contributed by atoms with van der Waals surface area (Å²) in [6.45, 7) is 0. The van der Waals surface area contributed by atoms with Crippen LogP contribution in [0.15, 0.2) is 84.9 Å². The minimum atomic E-state index is -0.931. The number of phenolic OH excluding ortho intramolecular Hbond substituents is 4. The Morgan fingerprint density at radius 2 is 0.793 bits per heavy atom. The summed E-state index contributed by atoms with van der Waals surface area (Å²) in [5.41, 5.74) is 4.27. The van der Waals surface area contributed by atoms with Crippen LogP contribution in [-0.2, 0) is 5.41 Å². The number of fused-ring (bicyclic) bond motifs is 3. The molecule has 0 aliphatic heterocycles. The van der Waals surface area contributed by atoms with Gasteiger partial charge in [-0.15, -0.1) is 0 Å². The lowest BCUT2D eigenvalue weighted by atomic mass is 9.67. The molecule has 0 bridgehead atoms. The lowest BCUT2D eigenvalue weighted by Gasteiger charge is -2.34. The molecule has 0 aromatic heterocycles. The molecule has 0 radical (unpaired) electrons. The number of rotatable bonds is 2. The molecule has 4 aromatic rings. The summed E-state index contributed by atoms with van der Waals surface area (Å²) in [4.78, 5) is 0. The van der Waals surface area contributed by atoms with E-state index in [0.29, 0.717) is 11.1 Å². The molecule has 0 atom stereocenters. The van der Waals surface area contributed by atoms with Crippen LogP contribution in [0.25, 0.3) is 11.1 Å². The minimum Gasteiger partial charge on any atom is -0.508 e. The SMILES string of the molecule is Oc1cc(O)cc(C2(c3cc(O)cc(O)c3)c3ccccc3-c3ccccc32)c1. The third kappa shape index (κ3) is 2.39. The molecular formula is C25H18O4. The van der Waals surface area contributed by atoms with Crippen LogP contribution in [-0.4, -0.2) is 20.4 Å². The van der Waals surface area contributed by atoms with E-state index < -0.39 is 5.41 Å². The van der Waals surface area contributed by atoms with Gasteiger partial charge in [0.25, 0.3) is 0 Å². The molecule has 0 spiro atoms. The van der Waals surface area contributed by atoms with E-state index in [-0.39, 0.29) is 23.0 Å². The largest absolute Gasteiger partial charge is 0.508 e. The molecular weight excluding hydrogens is 364 g/mol. The molecule has 1 aliphatic carbocycles. The van der Waals surface area contributed by atoms with Crippen LogP contribution in [0.2, 0.25) is 0 Å². The molecule has 4 heteroatoms. The maximum atomic E-state index is 10.3. The summed E-state index contributed by atoms with van der Waals surface area (Å²) in [7, 11) is 0. The van der Waals surface area contributed by atoms with Gasteiger partial charge in [-0.05, 0) is 57.6 Å². The molecule has 0 amide bonds. The monoisotopic (exact) mass is 382 g/mol. The number of hydrogen-bond acceptors (Lipinski definition) is 4. The van der Waals surface area contributed by atoms with Crippen LogP contribution < -0.4 is 0 Å². The number of aromatic hydroxyl groups is 4. The zero-order chi connectivity index (χ0) is 20.2. The summed E-state index contributed by atoms with van der Waals surface area (Å²) < 4.78 is 0. The van der Waals surface area contributed by atoms with Gasteiger partial charge in [0, 0.05) is 12.1 Å². The topological polar surface area (TPSA) is 80.9 Å². The number of hydrogen-bond donors (Lipinski definition) is 4. The third-order valence-electron chi connectivity index (χ3n) is 5.62. The van der Waals surface area contributed by atoms with E-state index in [4.69, 9.17) is 0 Å². The molecule has 0 saturated heterocycles. The summed E-state index contributed by atoms with van der Waals surface area (Å²) >= 11 is 0. The van der Waals surface area contributed by atoms with Gasteiger partial charge in [0.15, 0.2) is 0 Å². The average Bonchev–Trinajstić information content (AvgIpc) is 2.98. The van der Waals surface area contributed by atoms with Crippen LogP contribution in [0.4, 0.5) is 0 Å². The minimum absolute atomic E-state index is 0.0642. The Kier molecular flexibility index (Phi) is 3.58. The van der Waals surface area contributed by atoms with Gasteiger partial charge in [-0.3, -0.25) is 0 Å². The molecule has 0 unspecified atom stereocenters. The van der Waals surface area contributed by atoms with Crippen LogP contribution in [0.5, 0.6) is 23.0 Å². The van der Waals surface area contributed by atoms with Crippen molar-refractivity contribution in [2.24, 2.45) is 0 Å². The van der Waals surface area contributed by atoms with Crippen molar-refractivity contribution in [2.75, 3.05) is 0 Å². The molecule has 1 aliphatic rings. The highest BCUT2D eigenvalue weighted by atomic mass is 16.3. The Balaban J connectivity index is 2.00. The average molecular weight is 382 g/mol. The summed E-state index contributed by atoms with van der Waals surface area (Å²) in [5, 5.41) is 41.0. The van der Waals surface area contributed by atoms with Crippen LogP contribution in [0.1, 0.15) is 22.3 Å². The van der Waals surface area contributed by atoms with Gasteiger partial charge in [0.2, 0.25) is 0 Å². The molecule has 142 valence electrons. The fraction of sp³-hybridized carbons (Fsp3) is 0.0400. The Morgan fingerprint density at radius 3 is 1.17 bits per heavy atom. The zero-order valence-electron chi connectivity index (χ0n) is 15.4. The fourth-order valence-corrected chi connectivity index (χ4v) is 4.65. The van der Waals surface area contributed by atoms with E-state index in [0.717, 1.165) is 22.3 Å². The Morgan fingerprint density at radius 1 is 0.448 bits per heavy atom. The predicted octanol–water partition coefficient (Wildman–Crippen LogP) is 4.87. The Bertz CT molecular complexity index is 1120. The van der Waals surface area contributed by atoms with Crippen molar-refractivity contribution in [3.05, 3.63) is 107 Å². The number of phenols is 4. The van der Waals surface area contributed by atoms with Crippen molar-refractivity contribution >= 4 is 0 Å². The molecule has 5 rings (SSSR count). The summed E-state index contributed by atoms with van der Waals surface area (Å²) in [6.07, 6.45) is 0. The van der Waals surface area contributed by atoms with Crippen molar-refractivity contribution in [3.63, 3.8) is 0 Å². The highest BCUT2D eigenvalue weighted by Gasteiger charge is 2.46. The fourth-order valence-electron chi connectivity index (χ4n) is 4.65. The maximum absolute atomic E-state index is 10.3. The lowest BCUT2D eigenvalue weighted by molar-refractivity contribution is 0.446. The van der Waals surface area contributed by atoms with Crippen LogP contribution in [0, 0.1) is 0 Å². The van der Waals surface area contributed by atoms with Crippen molar-refractivity contribution in [2.45, 2.75) is 5.41 Å². The predicted molar refractivity (Wildman–Crippen MR) is 110 cm³/mol. The van der Waals surface area contributed by atoms with Crippen molar-refractivity contribution in [1.82, 2.24) is 0 Å². The quantitative estimate of drug-likeness (QED) is 0.351. The lowest BCUT2D eigenvalue weighted by Crippen LogP contribution is -2.28. The third-order valence-corrected chi connectivity index (χ3v) is 5.62. The first kappa shape index (κ1) is 17.2. The molecule has 0 saturated carbocycles. The molecule has 0 fully saturated rings. The highest BCUT2D eigenvalue weighted by molar-refractivity contribution is 5.86. The molecule has 4 nitrogen and oxygen atoms in total. The standard InChI is InChI=1S/C25H18O4/c26-17-9-15(10-18(27)13-17)25(16-11-19(28)14-20(29)12-16)23-7-3-1-5-21(23)22-6-2-4-8-24(22)25/h1-14,26-29H. The van der Waals surface area contributed by atoms with Gasteiger partial charge < -0.3 is 20.4 Å². The maximum Gasteiger partial charge on any atom is 0.119 e. The zero-order valence-corrected chi connectivity index (χ0v) is 15.4. The Labute approximate surface area is 167 Å². The molecule has 0 heterocycles. The van der Waals surface area contributed by atoms with Gasteiger partial charge in [0.1, 0.15) is 23.0 Å². The normalized spacial score (nSPS) is 13.7. The smallest absolute Gasteiger partial charge is 0.119 e. The van der Waals surface area contributed by atoms with Crippen molar-refractivity contribution in [3.8, 4) is 34.1 Å². The van der Waals surface area contributed by atoms with Gasteiger partial charge >= 0.3 is 0 Å². The summed E-state index contributed by atoms with van der Waals surface area (Å²) in [5.74, 6) is -0.257. The first-order chi connectivity index (χ1) is 14.0. The van der Waals surface area contributed by atoms with Crippen LogP contribution >= 0.6 is 0 Å². The first-order valence-electron chi connectivity index (χ1n) is 9.26. The first-order valence-corrected chi connectivity index (χ1v) is 9.26. The van der Waals surface area contributed by atoms with E-state index >= 15 is 0 Å². The molecule has 4 N–H and O–H groups in total. The second kappa shape index (κ2) is 6.04. The van der Waals surface area contributed by atoms with E-state index in [1.807, 2.05) is 48.5 Å². The van der Waals surface area contributed by atoms with E-state index in [2.05, 4.69) is 0 Å². The van der Waals surface area contributed by atoms with Crippen molar-refractivity contribution in [1.29, 1.82) is 0 Å². The number of benzene rings is 4. The van der Waals surface area contributed by atoms with Crippen LogP contribution in [0.3, 0.4) is 0 Å². The second-order valence-corrected chi connectivity index (χ2v) is 7.32. The van der Waals surface area contributed by atoms with E-state index in [9.17, 15) is 20.4 Å². The highest BCUT2D eigenvalue weighted by Crippen LogP contribution is 2.57.